The van der Waals surface area contributed by atoms with Gasteiger partial charge in [-0.15, -0.1) is 11.3 Å². The van der Waals surface area contributed by atoms with Gasteiger partial charge >= 0.3 is 0 Å². The first-order valence-corrected chi connectivity index (χ1v) is 11.1. The van der Waals surface area contributed by atoms with Gasteiger partial charge in [0, 0.05) is 36.1 Å². The smallest absolute Gasteiger partial charge is 0.276 e. The zero-order valence-electron chi connectivity index (χ0n) is 15.2. The van der Waals surface area contributed by atoms with E-state index in [0.717, 1.165) is 23.5 Å². The molecule has 5 rings (SSSR count). The van der Waals surface area contributed by atoms with E-state index in [2.05, 4.69) is 10.4 Å². The largest absolute Gasteiger partial charge is 0.336 e. The Kier molecular flexibility index (Phi) is 4.39. The summed E-state index contributed by atoms with van der Waals surface area (Å²) in [6, 6.07) is 0.353. The highest BCUT2D eigenvalue weighted by molar-refractivity contribution is 7.15. The number of halogens is 1. The quantitative estimate of drug-likeness (QED) is 0.783. The summed E-state index contributed by atoms with van der Waals surface area (Å²) in [5.74, 6) is 0.362. The molecule has 0 atom stereocenters. The summed E-state index contributed by atoms with van der Waals surface area (Å²) < 4.78 is 1.91. The first-order chi connectivity index (χ1) is 13.1. The third-order valence-corrected chi connectivity index (χ3v) is 7.28. The molecule has 2 amide bonds. The topological polar surface area (TPSA) is 57.9 Å². The van der Waals surface area contributed by atoms with Crippen molar-refractivity contribution in [3.05, 3.63) is 21.9 Å². The van der Waals surface area contributed by atoms with E-state index in [-0.39, 0.29) is 24.1 Å². The highest BCUT2D eigenvalue weighted by atomic mass is 35.5. The van der Waals surface area contributed by atoms with E-state index in [4.69, 9.17) is 11.6 Å². The number of carbonyl (C=O) groups excluding carboxylic acids is 2. The number of fused-ring (bicyclic) bond motifs is 1. The van der Waals surface area contributed by atoms with Crippen LogP contribution >= 0.6 is 22.9 Å². The fourth-order valence-corrected chi connectivity index (χ4v) is 5.75. The van der Waals surface area contributed by atoms with E-state index in [9.17, 15) is 9.59 Å². The molecule has 1 saturated heterocycles. The average molecular weight is 407 g/mol. The Labute approximate surface area is 167 Å². The molecule has 6 nitrogen and oxygen atoms in total. The van der Waals surface area contributed by atoms with E-state index in [1.54, 1.807) is 4.90 Å². The molecule has 3 heterocycles. The maximum absolute atomic E-state index is 13.0. The Morgan fingerprint density at radius 1 is 1.15 bits per heavy atom. The van der Waals surface area contributed by atoms with Gasteiger partial charge in [0.15, 0.2) is 10.7 Å². The second-order valence-electron chi connectivity index (χ2n) is 7.91. The molecule has 8 heteroatoms. The lowest BCUT2D eigenvalue weighted by Gasteiger charge is -2.40. The maximum atomic E-state index is 13.0. The molecule has 0 aromatic carbocycles. The van der Waals surface area contributed by atoms with Crippen molar-refractivity contribution in [3.8, 4) is 0 Å². The second-order valence-corrected chi connectivity index (χ2v) is 9.10. The van der Waals surface area contributed by atoms with E-state index >= 15 is 0 Å². The Morgan fingerprint density at radius 3 is 2.63 bits per heavy atom. The van der Waals surface area contributed by atoms with Crippen LogP contribution < -0.4 is 0 Å². The summed E-state index contributed by atoms with van der Waals surface area (Å²) >= 11 is 8.06. The number of amides is 2. The van der Waals surface area contributed by atoms with Crippen LogP contribution in [-0.4, -0.2) is 56.7 Å². The molecule has 27 heavy (non-hydrogen) atoms. The Balaban J connectivity index is 1.33. The second kappa shape index (κ2) is 6.78. The number of piperazine rings is 1. The van der Waals surface area contributed by atoms with Gasteiger partial charge in [0.2, 0.25) is 5.91 Å². The minimum Gasteiger partial charge on any atom is -0.336 e. The summed E-state index contributed by atoms with van der Waals surface area (Å²) in [7, 11) is 0. The van der Waals surface area contributed by atoms with Crippen molar-refractivity contribution in [3.63, 3.8) is 0 Å². The Bertz CT molecular complexity index is 897. The van der Waals surface area contributed by atoms with E-state index in [1.165, 1.54) is 43.4 Å². The molecule has 3 fully saturated rings. The monoisotopic (exact) mass is 406 g/mol. The molecule has 1 aliphatic heterocycles. The van der Waals surface area contributed by atoms with Crippen molar-refractivity contribution in [2.45, 2.75) is 56.9 Å². The van der Waals surface area contributed by atoms with E-state index in [1.807, 2.05) is 9.30 Å². The van der Waals surface area contributed by atoms with Crippen LogP contribution in [0.1, 0.15) is 67.0 Å². The van der Waals surface area contributed by atoms with Gasteiger partial charge in [-0.3, -0.25) is 14.0 Å². The Morgan fingerprint density at radius 2 is 1.93 bits per heavy atom. The van der Waals surface area contributed by atoms with E-state index < -0.39 is 0 Å². The number of aromatic nitrogens is 2. The van der Waals surface area contributed by atoms with Gasteiger partial charge in [-0.1, -0.05) is 30.9 Å². The number of imidazole rings is 1. The first-order valence-electron chi connectivity index (χ1n) is 9.87. The molecule has 2 saturated carbocycles. The summed E-state index contributed by atoms with van der Waals surface area (Å²) in [4.78, 5) is 34.5. The third kappa shape index (κ3) is 3.05. The summed E-state index contributed by atoms with van der Waals surface area (Å²) in [6.07, 6.45) is 8.17. The van der Waals surface area contributed by atoms with Gasteiger partial charge in [-0.2, -0.15) is 0 Å². The molecule has 2 aromatic rings. The number of thiazole rings is 1. The lowest BCUT2D eigenvalue weighted by atomic mass is 9.93. The highest BCUT2D eigenvalue weighted by Gasteiger charge is 2.35. The van der Waals surface area contributed by atoms with Gasteiger partial charge in [0.1, 0.15) is 11.7 Å². The predicted molar refractivity (Wildman–Crippen MR) is 105 cm³/mol. The molecule has 2 aromatic heterocycles. The van der Waals surface area contributed by atoms with Crippen LogP contribution in [0.4, 0.5) is 0 Å². The predicted octanol–water partition coefficient (Wildman–Crippen LogP) is 3.54. The summed E-state index contributed by atoms with van der Waals surface area (Å²) in [5.41, 5.74) is 1.44. The van der Waals surface area contributed by atoms with Crippen LogP contribution in [0, 0.1) is 0 Å². The zero-order chi connectivity index (χ0) is 18.5. The number of nitrogens with zero attached hydrogens (tertiary/aromatic N) is 4. The normalized spacial score (nSPS) is 22.0. The molecule has 0 unspecified atom stereocenters. The minimum atomic E-state index is -0.228. The molecule has 0 radical (unpaired) electrons. The van der Waals surface area contributed by atoms with Crippen molar-refractivity contribution in [1.29, 1.82) is 0 Å². The summed E-state index contributed by atoms with van der Waals surface area (Å²) in [5, 5.41) is 2.48. The molecule has 0 spiro atoms. The third-order valence-electron chi connectivity index (χ3n) is 6.09. The summed E-state index contributed by atoms with van der Waals surface area (Å²) in [6.45, 7) is 1.30. The first kappa shape index (κ1) is 17.5. The molecule has 2 aliphatic carbocycles. The lowest BCUT2D eigenvalue weighted by molar-refractivity contribution is -0.138. The van der Waals surface area contributed by atoms with Gasteiger partial charge in [-0.05, 0) is 25.7 Å². The Hall–Kier alpha value is -1.60. The van der Waals surface area contributed by atoms with Gasteiger partial charge in [0.25, 0.3) is 5.91 Å². The molecular weight excluding hydrogens is 384 g/mol. The molecule has 144 valence electrons. The maximum Gasteiger partial charge on any atom is 0.276 e. The van der Waals surface area contributed by atoms with Gasteiger partial charge in [0.05, 0.1) is 0 Å². The SMILES string of the molecule is O=C(c1nc2scc(C3CC3)n2c1Cl)N1CCN(C2CCCCC2)C(=O)C1. The number of hydrogen-bond acceptors (Lipinski definition) is 4. The van der Waals surface area contributed by atoms with Crippen molar-refractivity contribution in [1.82, 2.24) is 19.2 Å². The molecule has 0 N–H and O–H groups in total. The zero-order valence-corrected chi connectivity index (χ0v) is 16.8. The van der Waals surface area contributed by atoms with E-state index in [0.29, 0.717) is 30.2 Å². The van der Waals surface area contributed by atoms with Crippen LogP contribution in [0.25, 0.3) is 4.96 Å². The fraction of sp³-hybridized carbons (Fsp3) is 0.632. The van der Waals surface area contributed by atoms with Gasteiger partial charge in [-0.25, -0.2) is 4.98 Å². The average Bonchev–Trinajstić information content (AvgIpc) is 3.36. The van der Waals surface area contributed by atoms with Crippen molar-refractivity contribution in [2.75, 3.05) is 19.6 Å². The van der Waals surface area contributed by atoms with Gasteiger partial charge < -0.3 is 9.80 Å². The molecule has 0 bridgehead atoms. The standard InChI is InChI=1S/C19H23ClN4O2S/c20-17-16(21-19-24(17)14(11-27-19)12-6-7-12)18(26)22-8-9-23(15(25)10-22)13-4-2-1-3-5-13/h11-13H,1-10H2. The van der Waals surface area contributed by atoms with Crippen LogP contribution in [0.15, 0.2) is 5.38 Å². The number of carbonyl (C=O) groups is 2. The van der Waals surface area contributed by atoms with Crippen LogP contribution in [0.5, 0.6) is 0 Å². The molecule has 3 aliphatic rings. The molecular formula is C19H23ClN4O2S. The number of hydrogen-bond donors (Lipinski definition) is 0. The van der Waals surface area contributed by atoms with Crippen molar-refractivity contribution >= 4 is 39.7 Å². The minimum absolute atomic E-state index is 0.0531. The van der Waals surface area contributed by atoms with Crippen molar-refractivity contribution < 1.29 is 9.59 Å². The van der Waals surface area contributed by atoms with Crippen LogP contribution in [0.2, 0.25) is 5.15 Å². The van der Waals surface area contributed by atoms with Crippen molar-refractivity contribution in [2.24, 2.45) is 0 Å². The van der Waals surface area contributed by atoms with Crippen LogP contribution in [-0.2, 0) is 4.79 Å². The highest BCUT2D eigenvalue weighted by Crippen LogP contribution is 2.43. The fourth-order valence-electron chi connectivity index (χ4n) is 4.43. The van der Waals surface area contributed by atoms with Crippen LogP contribution in [0.3, 0.4) is 0 Å². The lowest BCUT2D eigenvalue weighted by Crippen LogP contribution is -2.55. The number of rotatable bonds is 3.